The number of carbonyl (C=O) groups is 4. The molecule has 20 heteroatoms. The molecule has 0 radical (unpaired) electrons. The number of carbonyl (C=O) groups excluding carboxylic acids is 4. The number of nitrogens with zero attached hydrogens (tertiary/aromatic N) is 3. The SMILES string of the molecule is CC(C)OC(=O)OCOP(=O)(OCOC(=O)OC(C)C)[C@H]1CCC2(C1)N(C)C(=O)c1c(O)c(=O)c(C(=O)NCc3ccc(F)cc3F)cn1N2C. The monoisotopic (exact) mass is 744 g/mol. The van der Waals surface area contributed by atoms with Crippen LogP contribution in [0.1, 0.15) is 73.4 Å². The van der Waals surface area contributed by atoms with Gasteiger partial charge in [-0.15, -0.1) is 0 Å². The number of fused-ring (bicyclic) bond motifs is 1. The molecule has 1 unspecified atom stereocenters. The predicted octanol–water partition coefficient (Wildman–Crippen LogP) is 3.93. The highest BCUT2D eigenvalue weighted by Crippen LogP contribution is 2.61. The average Bonchev–Trinajstić information content (AvgIpc) is 3.50. The van der Waals surface area contributed by atoms with Crippen molar-refractivity contribution in [3.8, 4) is 5.75 Å². The van der Waals surface area contributed by atoms with E-state index in [0.717, 1.165) is 23.0 Å². The number of benzene rings is 1. The quantitative estimate of drug-likeness (QED) is 0.180. The third-order valence-corrected chi connectivity index (χ3v) is 10.6. The van der Waals surface area contributed by atoms with Gasteiger partial charge in [0.1, 0.15) is 22.9 Å². The van der Waals surface area contributed by atoms with Crippen LogP contribution in [0.5, 0.6) is 5.75 Å². The van der Waals surface area contributed by atoms with Crippen molar-refractivity contribution in [2.75, 3.05) is 32.7 Å². The lowest BCUT2D eigenvalue weighted by Gasteiger charge is -2.51. The largest absolute Gasteiger partial charge is 0.510 e. The van der Waals surface area contributed by atoms with Gasteiger partial charge in [0, 0.05) is 44.9 Å². The summed E-state index contributed by atoms with van der Waals surface area (Å²) in [6, 6.07) is 2.74. The summed E-state index contributed by atoms with van der Waals surface area (Å²) < 4.78 is 73.2. The van der Waals surface area contributed by atoms with Crippen LogP contribution in [-0.4, -0.2) is 90.0 Å². The zero-order valence-electron chi connectivity index (χ0n) is 28.7. The number of aromatic nitrogens is 1. The summed E-state index contributed by atoms with van der Waals surface area (Å²) in [5, 5.41) is 14.7. The fourth-order valence-corrected chi connectivity index (χ4v) is 7.59. The number of amides is 2. The van der Waals surface area contributed by atoms with Crippen LogP contribution < -0.4 is 15.8 Å². The van der Waals surface area contributed by atoms with E-state index in [1.165, 1.54) is 24.0 Å². The molecular weight excluding hydrogens is 705 g/mol. The molecule has 51 heavy (non-hydrogen) atoms. The summed E-state index contributed by atoms with van der Waals surface area (Å²) in [6.07, 6.45) is -2.18. The fourth-order valence-electron chi connectivity index (χ4n) is 5.73. The Labute approximate surface area is 290 Å². The van der Waals surface area contributed by atoms with Crippen LogP contribution in [0.15, 0.2) is 29.2 Å². The Bertz CT molecular complexity index is 1760. The molecule has 17 nitrogen and oxygen atoms in total. The second kappa shape index (κ2) is 15.7. The third-order valence-electron chi connectivity index (χ3n) is 8.29. The number of rotatable bonds is 12. The van der Waals surface area contributed by atoms with Crippen molar-refractivity contribution in [2.24, 2.45) is 0 Å². The van der Waals surface area contributed by atoms with Crippen molar-refractivity contribution < 1.29 is 65.6 Å². The first-order valence-corrected chi connectivity index (χ1v) is 17.3. The number of halogens is 2. The molecule has 2 atom stereocenters. The van der Waals surface area contributed by atoms with Gasteiger partial charge < -0.3 is 34.3 Å². The summed E-state index contributed by atoms with van der Waals surface area (Å²) in [6.45, 7) is 4.16. The van der Waals surface area contributed by atoms with Gasteiger partial charge >= 0.3 is 19.9 Å². The molecule has 1 aliphatic heterocycles. The van der Waals surface area contributed by atoms with E-state index in [4.69, 9.17) is 28.0 Å². The van der Waals surface area contributed by atoms with E-state index >= 15 is 0 Å². The highest BCUT2D eigenvalue weighted by molar-refractivity contribution is 7.54. The minimum atomic E-state index is -4.34. The molecule has 2 aromatic rings. The second-order valence-corrected chi connectivity index (χ2v) is 14.6. The maximum absolute atomic E-state index is 14.2. The number of nitrogens with one attached hydrogen (secondary N) is 1. The lowest BCUT2D eigenvalue weighted by molar-refractivity contribution is -0.0318. The van der Waals surface area contributed by atoms with Gasteiger partial charge in [0.15, 0.2) is 11.4 Å². The molecule has 2 N–H and O–H groups in total. The van der Waals surface area contributed by atoms with Gasteiger partial charge in [0.2, 0.25) is 19.0 Å². The van der Waals surface area contributed by atoms with Gasteiger partial charge in [-0.2, -0.15) is 0 Å². The van der Waals surface area contributed by atoms with E-state index in [1.54, 1.807) is 27.7 Å². The zero-order chi connectivity index (χ0) is 37.8. The van der Waals surface area contributed by atoms with Gasteiger partial charge in [0.05, 0.1) is 17.9 Å². The Balaban J connectivity index is 1.60. The number of hydrogen-bond acceptors (Lipinski definition) is 14. The van der Waals surface area contributed by atoms with Crippen LogP contribution in [0.4, 0.5) is 18.4 Å². The standard InChI is InChI=1S/C31H39F2N4O13P/c1-17(2)49-29(42)45-15-47-51(44,48-16-46-30(43)50-18(3)4)21-9-10-31(12-21)35(5)28(41)24-26(39)25(38)22(14-37(24)36(31)6)27(40)34-13-19-7-8-20(32)11-23(19)33/h7-8,11,14,17-18,21,39H,9-10,12-13,15-16H2,1-6H3,(H,34,40)/t21-,31?/m0/s1. The second-order valence-electron chi connectivity index (χ2n) is 12.3. The van der Waals surface area contributed by atoms with Gasteiger partial charge in [-0.1, -0.05) is 6.07 Å². The summed E-state index contributed by atoms with van der Waals surface area (Å²) in [5.41, 5.74) is -4.64. The fraction of sp³-hybridized carbons (Fsp3) is 0.516. The number of ether oxygens (including phenoxy) is 4. The van der Waals surface area contributed by atoms with E-state index in [2.05, 4.69) is 5.32 Å². The molecule has 2 aliphatic rings. The first kappa shape index (κ1) is 39.1. The molecule has 1 aliphatic carbocycles. The van der Waals surface area contributed by atoms with Gasteiger partial charge in [-0.05, 0) is 46.6 Å². The molecule has 1 spiro atoms. The summed E-state index contributed by atoms with van der Waals surface area (Å²) in [4.78, 5) is 65.0. The Hall–Kier alpha value is -4.74. The van der Waals surface area contributed by atoms with Crippen LogP contribution in [0, 0.1) is 11.6 Å². The molecule has 1 aromatic heterocycles. The molecule has 2 amide bonds. The van der Waals surface area contributed by atoms with E-state index in [9.17, 15) is 42.4 Å². The molecule has 4 rings (SSSR count). The first-order chi connectivity index (χ1) is 23.9. The third kappa shape index (κ3) is 8.43. The zero-order valence-corrected chi connectivity index (χ0v) is 29.6. The van der Waals surface area contributed by atoms with Crippen molar-refractivity contribution in [3.63, 3.8) is 0 Å². The Morgan fingerprint density at radius 3 is 2.16 bits per heavy atom. The molecule has 0 saturated heterocycles. The molecule has 280 valence electrons. The number of pyridine rings is 1. The highest BCUT2D eigenvalue weighted by Gasteiger charge is 2.57. The molecular formula is C31H39F2N4O13P. The van der Waals surface area contributed by atoms with Crippen LogP contribution in [0.3, 0.4) is 0 Å². The van der Waals surface area contributed by atoms with E-state index in [-0.39, 0.29) is 24.8 Å². The maximum Gasteiger partial charge on any atom is 0.510 e. The van der Waals surface area contributed by atoms with Crippen LogP contribution in [-0.2, 0) is 39.1 Å². The summed E-state index contributed by atoms with van der Waals surface area (Å²) >= 11 is 0. The molecule has 2 heterocycles. The van der Waals surface area contributed by atoms with E-state index in [0.29, 0.717) is 6.07 Å². The van der Waals surface area contributed by atoms with Crippen LogP contribution in [0.2, 0.25) is 0 Å². The maximum atomic E-state index is 14.2. The Morgan fingerprint density at radius 2 is 1.61 bits per heavy atom. The van der Waals surface area contributed by atoms with Crippen LogP contribution in [0.25, 0.3) is 0 Å². The predicted molar refractivity (Wildman–Crippen MR) is 171 cm³/mol. The topological polar surface area (TPSA) is 201 Å². The van der Waals surface area contributed by atoms with Crippen molar-refractivity contribution in [1.29, 1.82) is 0 Å². The van der Waals surface area contributed by atoms with Gasteiger partial charge in [-0.25, -0.2) is 18.4 Å². The van der Waals surface area contributed by atoms with Gasteiger partial charge in [-0.3, -0.25) is 37.7 Å². The van der Waals surface area contributed by atoms with Crippen LogP contribution >= 0.6 is 7.60 Å². The first-order valence-electron chi connectivity index (χ1n) is 15.7. The lowest BCUT2D eigenvalue weighted by Crippen LogP contribution is -2.67. The molecule has 0 bridgehead atoms. The molecule has 1 aromatic carbocycles. The van der Waals surface area contributed by atoms with Crippen molar-refractivity contribution >= 4 is 31.7 Å². The number of aromatic hydroxyl groups is 1. The smallest absolute Gasteiger partial charge is 0.502 e. The molecule has 1 saturated carbocycles. The normalized spacial score (nSPS) is 18.6. The number of hydrogen-bond donors (Lipinski definition) is 2. The Kier molecular flexibility index (Phi) is 12.0. The van der Waals surface area contributed by atoms with Crippen molar-refractivity contribution in [1.82, 2.24) is 14.9 Å². The van der Waals surface area contributed by atoms with Crippen molar-refractivity contribution in [2.45, 2.75) is 77.0 Å². The molecule has 1 fully saturated rings. The van der Waals surface area contributed by atoms with E-state index < -0.39 is 109 Å². The summed E-state index contributed by atoms with van der Waals surface area (Å²) in [7, 11) is -1.45. The van der Waals surface area contributed by atoms with E-state index in [1.807, 2.05) is 0 Å². The summed E-state index contributed by atoms with van der Waals surface area (Å²) in [5.74, 6) is -4.63. The highest BCUT2D eigenvalue weighted by atomic mass is 31.2. The minimum Gasteiger partial charge on any atom is -0.502 e. The minimum absolute atomic E-state index is 0.0736. The van der Waals surface area contributed by atoms with Crippen molar-refractivity contribution in [3.05, 3.63) is 63.1 Å². The lowest BCUT2D eigenvalue weighted by atomic mass is 10.0. The van der Waals surface area contributed by atoms with Gasteiger partial charge in [0.25, 0.3) is 11.8 Å². The Morgan fingerprint density at radius 1 is 1.02 bits per heavy atom. The average molecular weight is 745 g/mol.